The minimum absolute atomic E-state index is 0.00560. The summed E-state index contributed by atoms with van der Waals surface area (Å²) < 4.78 is 15.7. The van der Waals surface area contributed by atoms with Gasteiger partial charge in [-0.05, 0) is 55.7 Å². The van der Waals surface area contributed by atoms with Crippen molar-refractivity contribution in [3.8, 4) is 0 Å². The third-order valence-electron chi connectivity index (χ3n) is 4.60. The summed E-state index contributed by atoms with van der Waals surface area (Å²) in [4.78, 5) is 19.0. The molecule has 25 heavy (non-hydrogen) atoms. The molecule has 1 saturated carbocycles. The molecule has 134 valence electrons. The first-order chi connectivity index (χ1) is 11.7. The molecule has 1 fully saturated rings. The van der Waals surface area contributed by atoms with Crippen molar-refractivity contribution in [3.63, 3.8) is 0 Å². The van der Waals surface area contributed by atoms with Gasteiger partial charge in [-0.2, -0.15) is 4.99 Å². The molecule has 1 amide bonds. The average molecular weight is 360 g/mol. The molecule has 0 aliphatic heterocycles. The van der Waals surface area contributed by atoms with Crippen molar-refractivity contribution < 1.29 is 9.18 Å². The predicted octanol–water partition coefficient (Wildman–Crippen LogP) is 4.75. The van der Waals surface area contributed by atoms with Crippen molar-refractivity contribution in [2.45, 2.75) is 59.4 Å². The number of thiazole rings is 1. The van der Waals surface area contributed by atoms with Crippen LogP contribution in [0, 0.1) is 25.6 Å². The maximum atomic E-state index is 13.5. The molecule has 3 nitrogen and oxygen atoms in total. The minimum atomic E-state index is -0.409. The molecule has 0 radical (unpaired) electrons. The van der Waals surface area contributed by atoms with Crippen LogP contribution in [-0.4, -0.2) is 10.5 Å². The molecule has 3 rings (SSSR count). The predicted molar refractivity (Wildman–Crippen MR) is 99.5 cm³/mol. The summed E-state index contributed by atoms with van der Waals surface area (Å²) in [6.07, 6.45) is 2.48. The number of carbonyl (C=O) groups is 1. The topological polar surface area (TPSA) is 34.4 Å². The molecule has 2 aromatic rings. The van der Waals surface area contributed by atoms with Gasteiger partial charge < -0.3 is 4.57 Å². The van der Waals surface area contributed by atoms with Crippen molar-refractivity contribution >= 4 is 17.2 Å². The number of carbonyl (C=O) groups excluding carboxylic acids is 1. The van der Waals surface area contributed by atoms with Gasteiger partial charge in [-0.15, -0.1) is 11.3 Å². The van der Waals surface area contributed by atoms with Gasteiger partial charge in [0.2, 0.25) is 0 Å². The fraction of sp³-hybridized carbons (Fsp3) is 0.500. The van der Waals surface area contributed by atoms with E-state index in [4.69, 9.17) is 0 Å². The van der Waals surface area contributed by atoms with E-state index in [0.29, 0.717) is 11.5 Å². The highest BCUT2D eigenvalue weighted by Crippen LogP contribution is 2.33. The smallest absolute Gasteiger partial charge is 0.280 e. The van der Waals surface area contributed by atoms with E-state index in [9.17, 15) is 9.18 Å². The Balaban J connectivity index is 2.09. The highest BCUT2D eigenvalue weighted by atomic mass is 32.1. The lowest BCUT2D eigenvalue weighted by Crippen LogP contribution is -2.20. The number of hydrogen-bond acceptors (Lipinski definition) is 2. The number of nitrogens with zero attached hydrogens (tertiary/aromatic N) is 2. The first-order valence-corrected chi connectivity index (χ1v) is 9.54. The van der Waals surface area contributed by atoms with E-state index in [-0.39, 0.29) is 11.3 Å². The molecule has 1 aromatic carbocycles. The van der Waals surface area contributed by atoms with Crippen LogP contribution in [0.4, 0.5) is 4.39 Å². The van der Waals surface area contributed by atoms with Crippen LogP contribution in [-0.2, 0) is 12.0 Å². The van der Waals surface area contributed by atoms with Crippen molar-refractivity contribution in [2.75, 3.05) is 0 Å². The molecule has 0 bridgehead atoms. The number of benzene rings is 1. The Kier molecular flexibility index (Phi) is 4.71. The monoisotopic (exact) mass is 360 g/mol. The molecular weight excluding hydrogens is 335 g/mol. The summed E-state index contributed by atoms with van der Waals surface area (Å²) in [5.74, 6) is -0.0953. The van der Waals surface area contributed by atoms with E-state index in [0.717, 1.165) is 16.9 Å². The largest absolute Gasteiger partial charge is 0.320 e. The normalized spacial score (nSPS) is 15.7. The van der Waals surface area contributed by atoms with Crippen molar-refractivity contribution in [1.82, 2.24) is 4.57 Å². The summed E-state index contributed by atoms with van der Waals surface area (Å²) in [7, 11) is 0. The Bertz CT molecular complexity index is 882. The molecule has 1 heterocycles. The molecule has 0 atom stereocenters. The lowest BCUT2D eigenvalue weighted by atomic mass is 9.93. The Morgan fingerprint density at radius 2 is 2.00 bits per heavy atom. The number of halogens is 1. The van der Waals surface area contributed by atoms with Gasteiger partial charge in [-0.1, -0.05) is 26.8 Å². The Labute approximate surface area is 152 Å². The van der Waals surface area contributed by atoms with Crippen LogP contribution in [0.2, 0.25) is 0 Å². The van der Waals surface area contributed by atoms with E-state index >= 15 is 0 Å². The first-order valence-electron chi connectivity index (χ1n) is 8.72. The molecule has 1 aliphatic carbocycles. The van der Waals surface area contributed by atoms with Crippen LogP contribution in [0.1, 0.15) is 60.1 Å². The first kappa shape index (κ1) is 18.1. The van der Waals surface area contributed by atoms with Gasteiger partial charge in [0.15, 0.2) is 4.80 Å². The molecule has 0 N–H and O–H groups in total. The molecule has 1 aliphatic rings. The van der Waals surface area contributed by atoms with Gasteiger partial charge in [0.1, 0.15) is 5.82 Å². The maximum absolute atomic E-state index is 13.5. The van der Waals surface area contributed by atoms with E-state index in [1.165, 1.54) is 35.5 Å². The van der Waals surface area contributed by atoms with Gasteiger partial charge in [0.05, 0.1) is 0 Å². The quantitative estimate of drug-likeness (QED) is 0.777. The second-order valence-corrected chi connectivity index (χ2v) is 8.96. The number of hydrogen-bond donors (Lipinski definition) is 0. The van der Waals surface area contributed by atoms with Gasteiger partial charge in [-0.25, -0.2) is 4.39 Å². The van der Waals surface area contributed by atoms with Crippen molar-refractivity contribution in [3.05, 3.63) is 50.5 Å². The third kappa shape index (κ3) is 3.92. The fourth-order valence-corrected chi connectivity index (χ4v) is 4.21. The molecule has 5 heteroatoms. The summed E-state index contributed by atoms with van der Waals surface area (Å²) in [6.45, 7) is 11.4. The van der Waals surface area contributed by atoms with E-state index in [1.807, 2.05) is 0 Å². The maximum Gasteiger partial charge on any atom is 0.280 e. The Hall–Kier alpha value is -1.75. The summed E-state index contributed by atoms with van der Waals surface area (Å²) >= 11 is 1.58. The summed E-state index contributed by atoms with van der Waals surface area (Å²) in [5, 5.41) is 0. The molecular formula is C20H25FN2OS. The zero-order valence-electron chi connectivity index (χ0n) is 15.5. The Morgan fingerprint density at radius 1 is 1.32 bits per heavy atom. The second kappa shape index (κ2) is 6.52. The van der Waals surface area contributed by atoms with E-state index in [2.05, 4.69) is 37.3 Å². The van der Waals surface area contributed by atoms with E-state index in [1.54, 1.807) is 24.3 Å². The zero-order valence-corrected chi connectivity index (χ0v) is 16.3. The average Bonchev–Trinajstić information content (AvgIpc) is 3.28. The van der Waals surface area contributed by atoms with Gasteiger partial charge >= 0.3 is 0 Å². The second-order valence-electron chi connectivity index (χ2n) is 7.98. The van der Waals surface area contributed by atoms with Crippen molar-refractivity contribution in [1.29, 1.82) is 0 Å². The number of amides is 1. The SMILES string of the molecule is Cc1ccc(F)cc1C(=O)N=c1sc(C(C)(C)C)c(C)n1CC1CC1. The molecule has 0 spiro atoms. The lowest BCUT2D eigenvalue weighted by molar-refractivity contribution is 0.0996. The van der Waals surface area contributed by atoms with Crippen molar-refractivity contribution in [2.24, 2.45) is 10.9 Å². The van der Waals surface area contributed by atoms with Crippen LogP contribution in [0.3, 0.4) is 0 Å². The summed E-state index contributed by atoms with van der Waals surface area (Å²) in [5.41, 5.74) is 2.27. The standard InChI is InChI=1S/C20H25FN2OS/c1-12-6-9-15(21)10-16(12)18(24)22-19-23(11-14-7-8-14)13(2)17(25-19)20(3,4)5/h6,9-10,14H,7-8,11H2,1-5H3. The van der Waals surface area contributed by atoms with Crippen LogP contribution in [0.25, 0.3) is 0 Å². The zero-order chi connectivity index (χ0) is 18.4. The van der Waals surface area contributed by atoms with Crippen LogP contribution < -0.4 is 4.80 Å². The third-order valence-corrected chi connectivity index (χ3v) is 6.21. The molecule has 0 saturated heterocycles. The highest BCUT2D eigenvalue weighted by molar-refractivity contribution is 7.09. The van der Waals surface area contributed by atoms with Crippen LogP contribution in [0.15, 0.2) is 23.2 Å². The number of aryl methyl sites for hydroxylation is 1. The highest BCUT2D eigenvalue weighted by Gasteiger charge is 2.27. The number of rotatable bonds is 3. The van der Waals surface area contributed by atoms with Gasteiger partial charge in [0.25, 0.3) is 5.91 Å². The molecule has 0 unspecified atom stereocenters. The Morgan fingerprint density at radius 3 is 2.60 bits per heavy atom. The van der Waals surface area contributed by atoms with Gasteiger partial charge in [-0.3, -0.25) is 4.79 Å². The molecule has 1 aromatic heterocycles. The summed E-state index contributed by atoms with van der Waals surface area (Å²) in [6, 6.07) is 4.26. The minimum Gasteiger partial charge on any atom is -0.320 e. The van der Waals surface area contributed by atoms with Gasteiger partial charge in [0, 0.05) is 22.7 Å². The lowest BCUT2D eigenvalue weighted by Gasteiger charge is -2.17. The fourth-order valence-electron chi connectivity index (χ4n) is 3.01. The number of aromatic nitrogens is 1. The van der Waals surface area contributed by atoms with Crippen LogP contribution in [0.5, 0.6) is 0 Å². The van der Waals surface area contributed by atoms with E-state index < -0.39 is 5.82 Å². The van der Waals surface area contributed by atoms with Crippen LogP contribution >= 0.6 is 11.3 Å².